The molecule has 100 valence electrons. The average molecular weight is 258 g/mol. The number of hydrogen-bond acceptors (Lipinski definition) is 2. The van der Waals surface area contributed by atoms with Crippen LogP contribution < -0.4 is 10.1 Å². The summed E-state index contributed by atoms with van der Waals surface area (Å²) >= 11 is 0. The number of hydrogen-bond donors (Lipinski definition) is 2. The molecule has 0 aliphatic heterocycles. The van der Waals surface area contributed by atoms with Crippen molar-refractivity contribution < 1.29 is 9.53 Å². The fraction of sp³-hybridized carbons (Fsp3) is 0.267. The lowest BCUT2D eigenvalue weighted by Gasteiger charge is -2.01. The summed E-state index contributed by atoms with van der Waals surface area (Å²) in [6, 6.07) is 9.61. The minimum absolute atomic E-state index is 0.0454. The van der Waals surface area contributed by atoms with Gasteiger partial charge in [0.15, 0.2) is 0 Å². The first kappa shape index (κ1) is 13.2. The molecule has 0 saturated heterocycles. The van der Waals surface area contributed by atoms with E-state index in [0.717, 1.165) is 22.7 Å². The smallest absolute Gasteiger partial charge is 0.253 e. The van der Waals surface area contributed by atoms with Gasteiger partial charge in [-0.05, 0) is 49.7 Å². The molecule has 0 aliphatic rings. The van der Waals surface area contributed by atoms with Gasteiger partial charge in [0, 0.05) is 17.9 Å². The summed E-state index contributed by atoms with van der Waals surface area (Å²) in [4.78, 5) is 15.1. The third-order valence-electron chi connectivity index (χ3n) is 3.00. The topological polar surface area (TPSA) is 54.1 Å². The molecule has 0 saturated carbocycles. The number of nitrogens with one attached hydrogen (secondary N) is 2. The fourth-order valence-electron chi connectivity index (χ4n) is 1.98. The van der Waals surface area contributed by atoms with E-state index in [2.05, 4.69) is 10.3 Å². The monoisotopic (exact) mass is 258 g/mol. The minimum Gasteiger partial charge on any atom is -0.497 e. The maximum Gasteiger partial charge on any atom is 0.253 e. The van der Waals surface area contributed by atoms with E-state index in [4.69, 9.17) is 4.74 Å². The van der Waals surface area contributed by atoms with Gasteiger partial charge in [-0.1, -0.05) is 0 Å². The molecule has 0 aliphatic carbocycles. The van der Waals surface area contributed by atoms with E-state index in [0.29, 0.717) is 12.1 Å². The molecule has 1 heterocycles. The van der Waals surface area contributed by atoms with Crippen molar-refractivity contribution in [2.45, 2.75) is 13.8 Å². The van der Waals surface area contributed by atoms with Crippen molar-refractivity contribution in [1.29, 1.82) is 0 Å². The summed E-state index contributed by atoms with van der Waals surface area (Å²) < 4.78 is 5.13. The second-order valence-corrected chi connectivity index (χ2v) is 4.31. The van der Waals surface area contributed by atoms with Gasteiger partial charge in [0.1, 0.15) is 5.75 Å². The SMILES string of the molecule is CCNC(=O)c1cc(-c2ccc(OC)cc2)[nH]c1C. The van der Waals surface area contributed by atoms with Gasteiger partial charge in [0.2, 0.25) is 0 Å². The van der Waals surface area contributed by atoms with E-state index in [9.17, 15) is 4.79 Å². The Kier molecular flexibility index (Phi) is 3.90. The van der Waals surface area contributed by atoms with E-state index in [1.165, 1.54) is 0 Å². The number of amides is 1. The summed E-state index contributed by atoms with van der Waals surface area (Å²) in [5.74, 6) is 0.770. The highest BCUT2D eigenvalue weighted by Gasteiger charge is 2.12. The molecule has 2 rings (SSSR count). The summed E-state index contributed by atoms with van der Waals surface area (Å²) in [6.07, 6.45) is 0. The van der Waals surface area contributed by atoms with Gasteiger partial charge in [0.25, 0.3) is 5.91 Å². The van der Waals surface area contributed by atoms with E-state index in [1.807, 2.05) is 44.2 Å². The van der Waals surface area contributed by atoms with E-state index in [-0.39, 0.29) is 5.91 Å². The molecule has 1 aromatic heterocycles. The standard InChI is InChI=1S/C15H18N2O2/c1-4-16-15(18)13-9-14(17-10(13)2)11-5-7-12(19-3)8-6-11/h5-9,17H,4H2,1-3H3,(H,16,18). The van der Waals surface area contributed by atoms with Crippen LogP contribution >= 0.6 is 0 Å². The number of benzene rings is 1. The number of ether oxygens (including phenoxy) is 1. The summed E-state index contributed by atoms with van der Waals surface area (Å²) in [7, 11) is 1.64. The fourth-order valence-corrected chi connectivity index (χ4v) is 1.98. The maximum absolute atomic E-state index is 11.9. The lowest BCUT2D eigenvalue weighted by atomic mass is 10.1. The number of H-pyrrole nitrogens is 1. The highest BCUT2D eigenvalue weighted by Crippen LogP contribution is 2.24. The van der Waals surface area contributed by atoms with Crippen LogP contribution in [0.25, 0.3) is 11.3 Å². The highest BCUT2D eigenvalue weighted by molar-refractivity contribution is 5.96. The molecule has 0 unspecified atom stereocenters. The third kappa shape index (κ3) is 2.78. The zero-order valence-electron chi connectivity index (χ0n) is 11.4. The Morgan fingerprint density at radius 2 is 2.00 bits per heavy atom. The molecular weight excluding hydrogens is 240 g/mol. The molecule has 4 heteroatoms. The Bertz CT molecular complexity index is 570. The molecule has 1 aromatic carbocycles. The number of rotatable bonds is 4. The average Bonchev–Trinajstić information content (AvgIpc) is 2.81. The van der Waals surface area contributed by atoms with Crippen LogP contribution in [0.1, 0.15) is 23.0 Å². The molecule has 4 nitrogen and oxygen atoms in total. The first-order valence-electron chi connectivity index (χ1n) is 6.28. The molecule has 2 aromatic rings. The van der Waals surface area contributed by atoms with Gasteiger partial charge < -0.3 is 15.0 Å². The molecule has 0 radical (unpaired) electrons. The van der Waals surface area contributed by atoms with Crippen molar-refractivity contribution in [3.05, 3.63) is 41.6 Å². The zero-order valence-corrected chi connectivity index (χ0v) is 11.4. The highest BCUT2D eigenvalue weighted by atomic mass is 16.5. The zero-order chi connectivity index (χ0) is 13.8. The van der Waals surface area contributed by atoms with Crippen LogP contribution in [-0.4, -0.2) is 24.5 Å². The number of methoxy groups -OCH3 is 1. The molecule has 1 amide bonds. The predicted molar refractivity (Wildman–Crippen MR) is 75.5 cm³/mol. The van der Waals surface area contributed by atoms with Crippen molar-refractivity contribution in [1.82, 2.24) is 10.3 Å². The van der Waals surface area contributed by atoms with Crippen LogP contribution in [0.15, 0.2) is 30.3 Å². The largest absolute Gasteiger partial charge is 0.497 e. The van der Waals surface area contributed by atoms with Crippen LogP contribution in [0.5, 0.6) is 5.75 Å². The molecule has 0 bridgehead atoms. The number of aromatic nitrogens is 1. The molecular formula is C15H18N2O2. The number of aryl methyl sites for hydroxylation is 1. The normalized spacial score (nSPS) is 10.3. The Balaban J connectivity index is 2.30. The van der Waals surface area contributed by atoms with Crippen LogP contribution in [0.2, 0.25) is 0 Å². The van der Waals surface area contributed by atoms with Crippen molar-refractivity contribution in [2.75, 3.05) is 13.7 Å². The Hall–Kier alpha value is -2.23. The predicted octanol–water partition coefficient (Wildman–Crippen LogP) is 2.75. The van der Waals surface area contributed by atoms with Crippen LogP contribution in [0.3, 0.4) is 0 Å². The summed E-state index contributed by atoms with van der Waals surface area (Å²) in [5.41, 5.74) is 3.52. The van der Waals surface area contributed by atoms with Crippen molar-refractivity contribution in [3.63, 3.8) is 0 Å². The number of carbonyl (C=O) groups excluding carboxylic acids is 1. The van der Waals surface area contributed by atoms with Crippen LogP contribution in [0.4, 0.5) is 0 Å². The summed E-state index contributed by atoms with van der Waals surface area (Å²) in [5, 5.41) is 2.81. The first-order valence-corrected chi connectivity index (χ1v) is 6.28. The first-order chi connectivity index (χ1) is 9.15. The van der Waals surface area contributed by atoms with Crippen LogP contribution in [-0.2, 0) is 0 Å². The summed E-state index contributed by atoms with van der Waals surface area (Å²) in [6.45, 7) is 4.43. The van der Waals surface area contributed by atoms with Crippen LogP contribution in [0, 0.1) is 6.92 Å². The second kappa shape index (κ2) is 5.61. The van der Waals surface area contributed by atoms with Crippen molar-refractivity contribution >= 4 is 5.91 Å². The Morgan fingerprint density at radius 3 is 2.58 bits per heavy atom. The lowest BCUT2D eigenvalue weighted by molar-refractivity contribution is 0.0955. The van der Waals surface area contributed by atoms with Gasteiger partial charge in [-0.2, -0.15) is 0 Å². The van der Waals surface area contributed by atoms with E-state index in [1.54, 1.807) is 7.11 Å². The second-order valence-electron chi connectivity index (χ2n) is 4.31. The Labute approximate surface area is 112 Å². The van der Waals surface area contributed by atoms with Gasteiger partial charge in [-0.3, -0.25) is 4.79 Å². The molecule has 2 N–H and O–H groups in total. The quantitative estimate of drug-likeness (QED) is 0.886. The van der Waals surface area contributed by atoms with Gasteiger partial charge in [-0.15, -0.1) is 0 Å². The molecule has 0 spiro atoms. The van der Waals surface area contributed by atoms with E-state index >= 15 is 0 Å². The minimum atomic E-state index is -0.0454. The molecule has 0 atom stereocenters. The number of carbonyl (C=O) groups is 1. The van der Waals surface area contributed by atoms with Gasteiger partial charge in [0.05, 0.1) is 12.7 Å². The van der Waals surface area contributed by atoms with Crippen molar-refractivity contribution in [3.8, 4) is 17.0 Å². The van der Waals surface area contributed by atoms with Gasteiger partial charge in [-0.25, -0.2) is 0 Å². The maximum atomic E-state index is 11.9. The number of aromatic amines is 1. The molecule has 19 heavy (non-hydrogen) atoms. The lowest BCUT2D eigenvalue weighted by Crippen LogP contribution is -2.22. The van der Waals surface area contributed by atoms with Gasteiger partial charge >= 0.3 is 0 Å². The van der Waals surface area contributed by atoms with E-state index < -0.39 is 0 Å². The molecule has 0 fully saturated rings. The Morgan fingerprint density at radius 1 is 1.32 bits per heavy atom. The third-order valence-corrected chi connectivity index (χ3v) is 3.00. The van der Waals surface area contributed by atoms with Crippen molar-refractivity contribution in [2.24, 2.45) is 0 Å².